The zero-order valence-electron chi connectivity index (χ0n) is 16.5. The van der Waals surface area contributed by atoms with Crippen molar-refractivity contribution in [1.82, 2.24) is 9.62 Å². The Bertz CT molecular complexity index is 1030. The Morgan fingerprint density at radius 1 is 1.03 bits per heavy atom. The summed E-state index contributed by atoms with van der Waals surface area (Å²) in [7, 11) is -3.36. The van der Waals surface area contributed by atoms with Crippen molar-refractivity contribution in [1.29, 1.82) is 0 Å². The first-order valence-electron chi connectivity index (χ1n) is 10.0. The van der Waals surface area contributed by atoms with Gasteiger partial charge in [-0.15, -0.1) is 0 Å². The zero-order chi connectivity index (χ0) is 20.4. The fourth-order valence-electron chi connectivity index (χ4n) is 4.43. The number of fused-ring (bicyclic) bond motifs is 1. The zero-order valence-corrected chi connectivity index (χ0v) is 17.4. The number of nitrogens with one attached hydrogen (secondary N) is 1. The van der Waals surface area contributed by atoms with Gasteiger partial charge < -0.3 is 4.90 Å². The first kappa shape index (κ1) is 19.9. The Morgan fingerprint density at radius 2 is 1.79 bits per heavy atom. The van der Waals surface area contributed by atoms with E-state index in [1.54, 1.807) is 0 Å². The van der Waals surface area contributed by atoms with Crippen molar-refractivity contribution < 1.29 is 13.2 Å². The second-order valence-electron chi connectivity index (χ2n) is 7.87. The Balaban J connectivity index is 1.66. The van der Waals surface area contributed by atoms with Gasteiger partial charge in [0.1, 0.15) is 0 Å². The molecule has 0 saturated carbocycles. The van der Waals surface area contributed by atoms with E-state index in [1.165, 1.54) is 6.26 Å². The summed E-state index contributed by atoms with van der Waals surface area (Å²) >= 11 is 0. The summed E-state index contributed by atoms with van der Waals surface area (Å²) in [5.41, 5.74) is 4.39. The summed E-state index contributed by atoms with van der Waals surface area (Å²) in [5, 5.41) is 0. The highest BCUT2D eigenvalue weighted by Gasteiger charge is 2.39. The number of allylic oxidation sites excluding steroid dienone is 2. The smallest absolute Gasteiger partial charge is 0.227 e. The highest BCUT2D eigenvalue weighted by molar-refractivity contribution is 7.88. The van der Waals surface area contributed by atoms with Gasteiger partial charge in [-0.2, -0.15) is 0 Å². The molecule has 2 atom stereocenters. The van der Waals surface area contributed by atoms with Gasteiger partial charge in [0.05, 0.1) is 12.3 Å². The maximum absolute atomic E-state index is 12.7. The summed E-state index contributed by atoms with van der Waals surface area (Å²) < 4.78 is 26.7. The molecule has 2 aromatic carbocycles. The van der Waals surface area contributed by atoms with Gasteiger partial charge in [0, 0.05) is 18.2 Å². The molecule has 6 heteroatoms. The predicted octanol–water partition coefficient (Wildman–Crippen LogP) is 3.48. The molecular weight excluding hydrogens is 384 g/mol. The van der Waals surface area contributed by atoms with E-state index >= 15 is 0 Å². The average Bonchev–Trinajstić information content (AvgIpc) is 2.70. The number of rotatable bonds is 5. The third-order valence-electron chi connectivity index (χ3n) is 5.67. The van der Waals surface area contributed by atoms with Crippen molar-refractivity contribution in [2.75, 3.05) is 6.26 Å². The molecule has 2 heterocycles. The molecule has 1 saturated heterocycles. The molecule has 0 aliphatic carbocycles. The van der Waals surface area contributed by atoms with Crippen LogP contribution < -0.4 is 4.72 Å². The van der Waals surface area contributed by atoms with E-state index in [2.05, 4.69) is 41.1 Å². The van der Waals surface area contributed by atoms with E-state index in [0.717, 1.165) is 35.2 Å². The molecule has 5 nitrogen and oxygen atoms in total. The van der Waals surface area contributed by atoms with Crippen LogP contribution in [0.1, 0.15) is 31.2 Å². The minimum absolute atomic E-state index is 0.0896. The summed E-state index contributed by atoms with van der Waals surface area (Å²) in [4.78, 5) is 14.6. The Morgan fingerprint density at radius 3 is 2.55 bits per heavy atom. The lowest BCUT2D eigenvalue weighted by Gasteiger charge is -2.44. The van der Waals surface area contributed by atoms with E-state index in [4.69, 9.17) is 0 Å². The standard InChI is InChI=1S/C23H26N2O3S/c1-29(27,28)24-21-14-13-20-11-6-12-23(26)25(20)22(21)16-17-7-5-10-19(15-17)18-8-3-2-4-9-18/h2-5,7-11,15,21-22,24H,6,12-14,16H2,1H3. The van der Waals surface area contributed by atoms with Gasteiger partial charge in [0.2, 0.25) is 15.9 Å². The average molecular weight is 411 g/mol. The number of carbonyl (C=O) groups excluding carboxylic acids is 1. The lowest BCUT2D eigenvalue weighted by atomic mass is 9.87. The van der Waals surface area contributed by atoms with Crippen LogP contribution in [0, 0.1) is 0 Å². The molecule has 0 aromatic heterocycles. The molecule has 4 rings (SSSR count). The molecule has 152 valence electrons. The number of nitrogens with zero attached hydrogens (tertiary/aromatic N) is 1. The number of sulfonamides is 1. The Kier molecular flexibility index (Phi) is 5.56. The van der Waals surface area contributed by atoms with Crippen molar-refractivity contribution in [3.8, 4) is 11.1 Å². The number of carbonyl (C=O) groups is 1. The molecule has 2 unspecified atom stereocenters. The van der Waals surface area contributed by atoms with Gasteiger partial charge in [-0.1, -0.05) is 60.7 Å². The molecule has 1 fully saturated rings. The number of amides is 1. The number of hydrogen-bond acceptors (Lipinski definition) is 3. The number of piperidine rings is 1. The largest absolute Gasteiger partial charge is 0.312 e. The highest BCUT2D eigenvalue weighted by atomic mass is 32.2. The van der Waals surface area contributed by atoms with Crippen LogP contribution >= 0.6 is 0 Å². The van der Waals surface area contributed by atoms with Crippen LogP contribution in [0.15, 0.2) is 66.4 Å². The van der Waals surface area contributed by atoms with Crippen molar-refractivity contribution >= 4 is 15.9 Å². The van der Waals surface area contributed by atoms with Crippen molar-refractivity contribution in [2.24, 2.45) is 0 Å². The van der Waals surface area contributed by atoms with Gasteiger partial charge in [-0.05, 0) is 42.4 Å². The molecule has 0 spiro atoms. The van der Waals surface area contributed by atoms with E-state index in [9.17, 15) is 13.2 Å². The topological polar surface area (TPSA) is 66.5 Å². The van der Waals surface area contributed by atoms with Crippen LogP contribution in [-0.4, -0.2) is 37.6 Å². The third kappa shape index (κ3) is 4.60. The minimum atomic E-state index is -3.36. The van der Waals surface area contributed by atoms with E-state index in [0.29, 0.717) is 19.3 Å². The predicted molar refractivity (Wildman–Crippen MR) is 115 cm³/mol. The monoisotopic (exact) mass is 410 g/mol. The summed E-state index contributed by atoms with van der Waals surface area (Å²) in [6.07, 6.45) is 6.60. The molecule has 2 aromatic rings. The number of hydrogen-bond donors (Lipinski definition) is 1. The molecule has 0 bridgehead atoms. The van der Waals surface area contributed by atoms with Crippen LogP contribution in [0.5, 0.6) is 0 Å². The fraction of sp³-hybridized carbons (Fsp3) is 0.348. The van der Waals surface area contributed by atoms with E-state index in [1.807, 2.05) is 29.2 Å². The minimum Gasteiger partial charge on any atom is -0.312 e. The SMILES string of the molecule is CS(=O)(=O)NC1CCC2=CCCC(=O)N2C1Cc1cccc(-c2ccccc2)c1. The quantitative estimate of drug-likeness (QED) is 0.821. The van der Waals surface area contributed by atoms with Crippen LogP contribution in [0.25, 0.3) is 11.1 Å². The van der Waals surface area contributed by atoms with Gasteiger partial charge in [-0.25, -0.2) is 13.1 Å². The number of benzene rings is 2. The lowest BCUT2D eigenvalue weighted by molar-refractivity contribution is -0.133. The van der Waals surface area contributed by atoms with Gasteiger partial charge in [-0.3, -0.25) is 4.79 Å². The van der Waals surface area contributed by atoms with Gasteiger partial charge >= 0.3 is 0 Å². The van der Waals surface area contributed by atoms with E-state index < -0.39 is 10.0 Å². The summed E-state index contributed by atoms with van der Waals surface area (Å²) in [6.45, 7) is 0. The highest BCUT2D eigenvalue weighted by Crippen LogP contribution is 2.33. The van der Waals surface area contributed by atoms with Crippen LogP contribution in [-0.2, 0) is 21.2 Å². The molecular formula is C23H26N2O3S. The van der Waals surface area contributed by atoms with Crippen LogP contribution in [0.4, 0.5) is 0 Å². The van der Waals surface area contributed by atoms with Crippen LogP contribution in [0.2, 0.25) is 0 Å². The first-order valence-corrected chi connectivity index (χ1v) is 11.9. The normalized spacial score (nSPS) is 22.2. The van der Waals surface area contributed by atoms with Crippen molar-refractivity contribution in [3.05, 3.63) is 71.9 Å². The van der Waals surface area contributed by atoms with Crippen LogP contribution in [0.3, 0.4) is 0 Å². The molecule has 1 N–H and O–H groups in total. The van der Waals surface area contributed by atoms with Crippen molar-refractivity contribution in [2.45, 2.75) is 44.2 Å². The lowest BCUT2D eigenvalue weighted by Crippen LogP contribution is -2.57. The van der Waals surface area contributed by atoms with Crippen molar-refractivity contribution in [3.63, 3.8) is 0 Å². The molecule has 2 aliphatic heterocycles. The Hall–Kier alpha value is -2.44. The maximum Gasteiger partial charge on any atom is 0.227 e. The second-order valence-corrected chi connectivity index (χ2v) is 9.65. The second kappa shape index (κ2) is 8.13. The molecule has 1 amide bonds. The maximum atomic E-state index is 12.7. The van der Waals surface area contributed by atoms with Gasteiger partial charge in [0.25, 0.3) is 0 Å². The summed E-state index contributed by atoms with van der Waals surface area (Å²) in [5.74, 6) is 0.0896. The molecule has 0 radical (unpaired) electrons. The third-order valence-corrected chi connectivity index (χ3v) is 6.40. The molecule has 29 heavy (non-hydrogen) atoms. The van der Waals surface area contributed by atoms with Gasteiger partial charge in [0.15, 0.2) is 0 Å². The summed E-state index contributed by atoms with van der Waals surface area (Å²) in [6, 6.07) is 17.9. The van der Waals surface area contributed by atoms with E-state index in [-0.39, 0.29) is 18.0 Å². The Labute approximate surface area is 172 Å². The fourth-order valence-corrected chi connectivity index (χ4v) is 5.26. The molecule has 2 aliphatic rings. The first-order chi connectivity index (χ1) is 13.9.